The second-order valence-corrected chi connectivity index (χ2v) is 7.42. The average Bonchev–Trinajstić information content (AvgIpc) is 2.82. The predicted octanol–water partition coefficient (Wildman–Crippen LogP) is 1.98. The molecule has 0 spiro atoms. The summed E-state index contributed by atoms with van der Waals surface area (Å²) in [5.74, 6) is -0.343. The maximum absolute atomic E-state index is 12.6. The lowest BCUT2D eigenvalue weighted by molar-refractivity contribution is -0.121. The summed E-state index contributed by atoms with van der Waals surface area (Å²) in [6, 6.07) is 7.43. The highest BCUT2D eigenvalue weighted by Gasteiger charge is 2.41. The first kappa shape index (κ1) is 16.4. The Labute approximate surface area is 145 Å². The van der Waals surface area contributed by atoms with Gasteiger partial charge in [0.1, 0.15) is 9.57 Å². The minimum absolute atomic E-state index is 0.164. The summed E-state index contributed by atoms with van der Waals surface area (Å²) in [7, 11) is 0. The number of morpholine rings is 1. The van der Waals surface area contributed by atoms with E-state index in [1.165, 1.54) is 16.7 Å². The van der Waals surface area contributed by atoms with Crippen molar-refractivity contribution in [2.24, 2.45) is 0 Å². The molecule has 0 aromatic heterocycles. The molecular weight excluding hydrogens is 332 g/mol. The molecule has 122 valence electrons. The fourth-order valence-electron chi connectivity index (χ4n) is 2.68. The smallest absolute Gasteiger partial charge is 0.247 e. The zero-order valence-electron chi connectivity index (χ0n) is 12.9. The molecule has 7 heteroatoms. The highest BCUT2D eigenvalue weighted by molar-refractivity contribution is 8.23. The topological polar surface area (TPSA) is 49.9 Å². The van der Waals surface area contributed by atoms with Gasteiger partial charge >= 0.3 is 0 Å². The van der Waals surface area contributed by atoms with Crippen LogP contribution in [-0.4, -0.2) is 52.6 Å². The number of amides is 2. The van der Waals surface area contributed by atoms with Crippen molar-refractivity contribution in [2.45, 2.75) is 18.6 Å². The lowest BCUT2D eigenvalue weighted by Gasteiger charge is -2.29. The van der Waals surface area contributed by atoms with Crippen molar-refractivity contribution in [3.63, 3.8) is 0 Å². The number of carbonyl (C=O) groups excluding carboxylic acids is 2. The van der Waals surface area contributed by atoms with Crippen LogP contribution in [0.25, 0.3) is 0 Å². The molecule has 0 bridgehead atoms. The molecule has 0 radical (unpaired) electrons. The van der Waals surface area contributed by atoms with Crippen molar-refractivity contribution >= 4 is 45.8 Å². The SMILES string of the molecule is Cc1cccc(N2C(=O)CC(SC(=S)N3CCOCC3)C2=O)c1. The number of hydrogen-bond acceptors (Lipinski definition) is 5. The highest BCUT2D eigenvalue weighted by Crippen LogP contribution is 2.31. The van der Waals surface area contributed by atoms with Crippen LogP contribution in [0, 0.1) is 6.92 Å². The molecule has 0 saturated carbocycles. The third kappa shape index (κ3) is 3.57. The Kier molecular flexibility index (Phi) is 4.99. The van der Waals surface area contributed by atoms with Gasteiger partial charge in [0.2, 0.25) is 11.8 Å². The van der Waals surface area contributed by atoms with Crippen LogP contribution in [-0.2, 0) is 14.3 Å². The molecule has 2 aliphatic heterocycles. The molecule has 5 nitrogen and oxygen atoms in total. The Bertz CT molecular complexity index is 644. The minimum atomic E-state index is -0.432. The van der Waals surface area contributed by atoms with Crippen LogP contribution in [0.15, 0.2) is 24.3 Å². The number of anilines is 1. The van der Waals surface area contributed by atoms with Gasteiger partial charge in [-0.3, -0.25) is 9.59 Å². The standard InChI is InChI=1S/C16H18N2O3S2/c1-11-3-2-4-12(9-11)18-14(19)10-13(15(18)20)23-16(22)17-5-7-21-8-6-17/h2-4,9,13H,5-8,10H2,1H3. The van der Waals surface area contributed by atoms with Gasteiger partial charge in [0.25, 0.3) is 0 Å². The second kappa shape index (κ2) is 6.98. The maximum Gasteiger partial charge on any atom is 0.247 e. The van der Waals surface area contributed by atoms with E-state index in [2.05, 4.69) is 0 Å². The summed E-state index contributed by atoms with van der Waals surface area (Å²) >= 11 is 6.75. The van der Waals surface area contributed by atoms with Crippen molar-refractivity contribution in [1.29, 1.82) is 0 Å². The van der Waals surface area contributed by atoms with Crippen molar-refractivity contribution < 1.29 is 14.3 Å². The molecule has 3 rings (SSSR count). The first-order valence-electron chi connectivity index (χ1n) is 7.53. The van der Waals surface area contributed by atoms with Crippen LogP contribution in [0.2, 0.25) is 0 Å². The van der Waals surface area contributed by atoms with E-state index in [9.17, 15) is 9.59 Å². The number of nitrogens with zero attached hydrogens (tertiary/aromatic N) is 2. The Morgan fingerprint density at radius 1 is 1.30 bits per heavy atom. The summed E-state index contributed by atoms with van der Waals surface area (Å²) in [5, 5.41) is -0.432. The van der Waals surface area contributed by atoms with E-state index in [1.807, 2.05) is 30.0 Å². The van der Waals surface area contributed by atoms with Gasteiger partial charge in [-0.1, -0.05) is 36.1 Å². The molecule has 2 aliphatic rings. The molecule has 2 amide bonds. The van der Waals surface area contributed by atoms with E-state index >= 15 is 0 Å². The van der Waals surface area contributed by atoms with Gasteiger partial charge in [0.05, 0.1) is 18.9 Å². The van der Waals surface area contributed by atoms with E-state index in [4.69, 9.17) is 17.0 Å². The quantitative estimate of drug-likeness (QED) is 0.600. The third-order valence-corrected chi connectivity index (χ3v) is 5.54. The third-order valence-electron chi connectivity index (χ3n) is 3.88. The van der Waals surface area contributed by atoms with Crippen molar-refractivity contribution in [2.75, 3.05) is 31.2 Å². The maximum atomic E-state index is 12.6. The molecule has 1 unspecified atom stereocenters. The van der Waals surface area contributed by atoms with Crippen LogP contribution < -0.4 is 4.90 Å². The summed E-state index contributed by atoms with van der Waals surface area (Å²) in [4.78, 5) is 28.2. The number of carbonyl (C=O) groups is 2. The minimum Gasteiger partial charge on any atom is -0.378 e. The first-order chi connectivity index (χ1) is 11.1. The Morgan fingerprint density at radius 2 is 2.04 bits per heavy atom. The Hall–Kier alpha value is -1.44. The van der Waals surface area contributed by atoms with E-state index in [-0.39, 0.29) is 18.2 Å². The number of rotatable bonds is 2. The number of ether oxygens (including phenoxy) is 1. The second-order valence-electron chi connectivity index (χ2n) is 5.58. The number of hydrogen-bond donors (Lipinski definition) is 0. The van der Waals surface area contributed by atoms with Crippen molar-refractivity contribution in [3.05, 3.63) is 29.8 Å². The van der Waals surface area contributed by atoms with Gasteiger partial charge < -0.3 is 9.64 Å². The van der Waals surface area contributed by atoms with Crippen LogP contribution in [0.1, 0.15) is 12.0 Å². The highest BCUT2D eigenvalue weighted by atomic mass is 32.2. The normalized spacial score (nSPS) is 21.9. The summed E-state index contributed by atoms with van der Waals surface area (Å²) < 4.78 is 5.98. The molecule has 0 aliphatic carbocycles. The molecule has 2 fully saturated rings. The average molecular weight is 350 g/mol. The Balaban J connectivity index is 1.69. The van der Waals surface area contributed by atoms with Gasteiger partial charge in [-0.15, -0.1) is 0 Å². The molecule has 2 heterocycles. The summed E-state index contributed by atoms with van der Waals surface area (Å²) in [6.45, 7) is 4.71. The van der Waals surface area contributed by atoms with Crippen molar-refractivity contribution in [3.8, 4) is 0 Å². The van der Waals surface area contributed by atoms with Gasteiger partial charge in [-0.25, -0.2) is 4.90 Å². The van der Waals surface area contributed by atoms with Crippen LogP contribution in [0.4, 0.5) is 5.69 Å². The van der Waals surface area contributed by atoms with Gasteiger partial charge in [-0.2, -0.15) is 0 Å². The number of thioether (sulfide) groups is 1. The van der Waals surface area contributed by atoms with Gasteiger partial charge in [-0.05, 0) is 24.6 Å². The van der Waals surface area contributed by atoms with Gasteiger partial charge in [0, 0.05) is 19.5 Å². The van der Waals surface area contributed by atoms with E-state index in [0.717, 1.165) is 18.7 Å². The molecule has 0 N–H and O–H groups in total. The Morgan fingerprint density at radius 3 is 2.74 bits per heavy atom. The van der Waals surface area contributed by atoms with Crippen LogP contribution >= 0.6 is 24.0 Å². The number of benzene rings is 1. The predicted molar refractivity (Wildman–Crippen MR) is 94.7 cm³/mol. The zero-order chi connectivity index (χ0) is 16.4. The molecular formula is C16H18N2O3S2. The van der Waals surface area contributed by atoms with E-state index < -0.39 is 5.25 Å². The monoisotopic (exact) mass is 350 g/mol. The number of thiocarbonyl (C=S) groups is 1. The van der Waals surface area contributed by atoms with E-state index in [1.54, 1.807) is 6.07 Å². The van der Waals surface area contributed by atoms with Crippen molar-refractivity contribution in [1.82, 2.24) is 4.90 Å². The summed E-state index contributed by atoms with van der Waals surface area (Å²) in [5.41, 5.74) is 1.66. The lowest BCUT2D eigenvalue weighted by Crippen LogP contribution is -2.39. The zero-order valence-corrected chi connectivity index (χ0v) is 14.5. The van der Waals surface area contributed by atoms with Gasteiger partial charge in [0.15, 0.2) is 0 Å². The molecule has 1 atom stereocenters. The first-order valence-corrected chi connectivity index (χ1v) is 8.82. The lowest BCUT2D eigenvalue weighted by atomic mass is 10.2. The molecule has 2 saturated heterocycles. The number of aryl methyl sites for hydroxylation is 1. The molecule has 23 heavy (non-hydrogen) atoms. The molecule has 1 aromatic carbocycles. The fraction of sp³-hybridized carbons (Fsp3) is 0.438. The molecule has 1 aromatic rings. The number of imide groups is 1. The van der Waals surface area contributed by atoms with Crippen LogP contribution in [0.5, 0.6) is 0 Å². The summed E-state index contributed by atoms with van der Waals surface area (Å²) in [6.07, 6.45) is 0.196. The largest absolute Gasteiger partial charge is 0.378 e. The fourth-order valence-corrected chi connectivity index (χ4v) is 4.21. The van der Waals surface area contributed by atoms with Crippen LogP contribution in [0.3, 0.4) is 0 Å². The van der Waals surface area contributed by atoms with E-state index in [0.29, 0.717) is 23.2 Å².